The first-order chi connectivity index (χ1) is 4.84. The molecule has 1 saturated carbocycles. The smallest absolute Gasteiger partial charge is 0.00463 e. The van der Waals surface area contributed by atoms with E-state index in [9.17, 15) is 0 Å². The molecule has 0 heterocycles. The van der Waals surface area contributed by atoms with Crippen LogP contribution in [0.15, 0.2) is 0 Å². The zero-order chi connectivity index (χ0) is 7.40. The fourth-order valence-corrected chi connectivity index (χ4v) is 1.63. The lowest BCUT2D eigenvalue weighted by Gasteiger charge is -2.33. The average molecular weight is 141 g/mol. The molecule has 2 atom stereocenters. The van der Waals surface area contributed by atoms with Gasteiger partial charge >= 0.3 is 0 Å². The molecule has 0 aromatic heterocycles. The first-order valence-electron chi connectivity index (χ1n) is 4.55. The van der Waals surface area contributed by atoms with Crippen LogP contribution in [0.2, 0.25) is 0 Å². The van der Waals surface area contributed by atoms with Gasteiger partial charge in [0.1, 0.15) is 0 Å². The fourth-order valence-electron chi connectivity index (χ4n) is 1.63. The number of nitrogens with one attached hydrogen (secondary N) is 1. The van der Waals surface area contributed by atoms with E-state index in [1.807, 2.05) is 0 Å². The van der Waals surface area contributed by atoms with Crippen molar-refractivity contribution in [3.63, 3.8) is 0 Å². The van der Waals surface area contributed by atoms with E-state index in [0.29, 0.717) is 0 Å². The van der Waals surface area contributed by atoms with Crippen LogP contribution in [0.25, 0.3) is 0 Å². The molecule has 1 rings (SSSR count). The second kappa shape index (κ2) is 3.97. The van der Waals surface area contributed by atoms with Gasteiger partial charge in [-0.25, -0.2) is 0 Å². The van der Waals surface area contributed by atoms with Crippen molar-refractivity contribution < 1.29 is 0 Å². The lowest BCUT2D eigenvalue weighted by molar-refractivity contribution is 0.183. The Morgan fingerprint density at radius 1 is 1.40 bits per heavy atom. The zero-order valence-corrected chi connectivity index (χ0v) is 7.19. The van der Waals surface area contributed by atoms with Crippen LogP contribution in [0.5, 0.6) is 0 Å². The van der Waals surface area contributed by atoms with Crippen LogP contribution in [-0.4, -0.2) is 13.1 Å². The van der Waals surface area contributed by atoms with Crippen LogP contribution in [0.1, 0.15) is 33.1 Å². The van der Waals surface area contributed by atoms with Gasteiger partial charge in [-0.1, -0.05) is 20.3 Å². The predicted octanol–water partition coefficient (Wildman–Crippen LogP) is 2.03. The molecule has 60 valence electrons. The van der Waals surface area contributed by atoms with Crippen LogP contribution in [0, 0.1) is 11.8 Å². The third kappa shape index (κ3) is 1.98. The van der Waals surface area contributed by atoms with Crippen molar-refractivity contribution in [2.45, 2.75) is 33.1 Å². The van der Waals surface area contributed by atoms with Crippen molar-refractivity contribution >= 4 is 0 Å². The molecule has 0 aromatic carbocycles. The molecule has 1 aliphatic rings. The third-order valence-electron chi connectivity index (χ3n) is 2.74. The summed E-state index contributed by atoms with van der Waals surface area (Å²) in [6, 6.07) is 0. The molecule has 10 heavy (non-hydrogen) atoms. The van der Waals surface area contributed by atoms with E-state index in [-0.39, 0.29) is 0 Å². The minimum Gasteiger partial charge on any atom is -0.317 e. The Balaban J connectivity index is 1.92. The molecule has 1 nitrogen and oxygen atoms in total. The van der Waals surface area contributed by atoms with E-state index in [1.165, 1.54) is 25.8 Å². The van der Waals surface area contributed by atoms with E-state index in [1.54, 1.807) is 0 Å². The fraction of sp³-hybridized carbons (Fsp3) is 1.00. The highest BCUT2D eigenvalue weighted by Gasteiger charge is 2.25. The summed E-state index contributed by atoms with van der Waals surface area (Å²) >= 11 is 0. The standard InChI is InChI=1S/C9H19N/c1-3-10-7-6-9-5-4-8(9)2/h8-10H,3-7H2,1-2H3/t8?,9-/m1/s1. The second-order valence-electron chi connectivity index (χ2n) is 3.46. The Morgan fingerprint density at radius 3 is 2.60 bits per heavy atom. The van der Waals surface area contributed by atoms with E-state index in [0.717, 1.165) is 18.4 Å². The molecule has 1 heteroatoms. The molecule has 0 spiro atoms. The number of rotatable bonds is 4. The summed E-state index contributed by atoms with van der Waals surface area (Å²) in [5.41, 5.74) is 0. The monoisotopic (exact) mass is 141 g/mol. The normalized spacial score (nSPS) is 31.8. The van der Waals surface area contributed by atoms with Crippen molar-refractivity contribution in [3.05, 3.63) is 0 Å². The molecular weight excluding hydrogens is 122 g/mol. The van der Waals surface area contributed by atoms with E-state index >= 15 is 0 Å². The molecule has 0 aliphatic heterocycles. The Kier molecular flexibility index (Phi) is 3.20. The van der Waals surface area contributed by atoms with Crippen molar-refractivity contribution in [2.24, 2.45) is 11.8 Å². The molecule has 1 unspecified atom stereocenters. The quantitative estimate of drug-likeness (QED) is 0.591. The van der Waals surface area contributed by atoms with E-state index in [2.05, 4.69) is 19.2 Å². The summed E-state index contributed by atoms with van der Waals surface area (Å²) in [5, 5.41) is 3.37. The topological polar surface area (TPSA) is 12.0 Å². The van der Waals surface area contributed by atoms with Crippen LogP contribution < -0.4 is 5.32 Å². The van der Waals surface area contributed by atoms with Gasteiger partial charge < -0.3 is 5.32 Å². The Labute approximate surface area is 64.2 Å². The Morgan fingerprint density at radius 2 is 2.20 bits per heavy atom. The lowest BCUT2D eigenvalue weighted by atomic mass is 9.73. The molecule has 0 saturated heterocycles. The van der Waals surface area contributed by atoms with Gasteiger partial charge in [0.15, 0.2) is 0 Å². The number of hydrogen-bond donors (Lipinski definition) is 1. The maximum atomic E-state index is 3.37. The molecule has 1 fully saturated rings. The SMILES string of the molecule is CCNCC[C@H]1CCC1C. The molecule has 0 bridgehead atoms. The van der Waals surface area contributed by atoms with Crippen LogP contribution in [0.3, 0.4) is 0 Å². The summed E-state index contributed by atoms with van der Waals surface area (Å²) in [4.78, 5) is 0. The zero-order valence-electron chi connectivity index (χ0n) is 7.19. The van der Waals surface area contributed by atoms with Gasteiger partial charge in [0.2, 0.25) is 0 Å². The van der Waals surface area contributed by atoms with Crippen LogP contribution in [0.4, 0.5) is 0 Å². The molecule has 0 radical (unpaired) electrons. The van der Waals surface area contributed by atoms with Crippen molar-refractivity contribution in [2.75, 3.05) is 13.1 Å². The van der Waals surface area contributed by atoms with Gasteiger partial charge in [0.05, 0.1) is 0 Å². The summed E-state index contributed by atoms with van der Waals surface area (Å²) in [7, 11) is 0. The first-order valence-corrected chi connectivity index (χ1v) is 4.55. The lowest BCUT2D eigenvalue weighted by Crippen LogP contribution is -2.27. The largest absolute Gasteiger partial charge is 0.317 e. The molecular formula is C9H19N. The maximum absolute atomic E-state index is 3.37. The predicted molar refractivity (Wildman–Crippen MR) is 45.0 cm³/mol. The van der Waals surface area contributed by atoms with Crippen LogP contribution >= 0.6 is 0 Å². The minimum atomic E-state index is 1.01. The summed E-state index contributed by atoms with van der Waals surface area (Å²) in [5.74, 6) is 2.05. The van der Waals surface area contributed by atoms with Gasteiger partial charge in [-0.05, 0) is 37.8 Å². The van der Waals surface area contributed by atoms with Crippen molar-refractivity contribution in [1.29, 1.82) is 0 Å². The molecule has 0 aromatic rings. The highest BCUT2D eigenvalue weighted by molar-refractivity contribution is 4.77. The average Bonchev–Trinajstić information content (AvgIpc) is 1.95. The van der Waals surface area contributed by atoms with Gasteiger partial charge in [-0.3, -0.25) is 0 Å². The third-order valence-corrected chi connectivity index (χ3v) is 2.74. The van der Waals surface area contributed by atoms with E-state index < -0.39 is 0 Å². The molecule has 1 N–H and O–H groups in total. The van der Waals surface area contributed by atoms with Gasteiger partial charge in [-0.15, -0.1) is 0 Å². The van der Waals surface area contributed by atoms with Crippen molar-refractivity contribution in [3.8, 4) is 0 Å². The highest BCUT2D eigenvalue weighted by Crippen LogP contribution is 2.35. The molecule has 0 amide bonds. The minimum absolute atomic E-state index is 1.01. The van der Waals surface area contributed by atoms with Crippen molar-refractivity contribution in [1.82, 2.24) is 5.32 Å². The number of hydrogen-bond acceptors (Lipinski definition) is 1. The Bertz CT molecular complexity index is 90.7. The molecule has 1 aliphatic carbocycles. The van der Waals surface area contributed by atoms with Crippen LogP contribution in [-0.2, 0) is 0 Å². The Hall–Kier alpha value is -0.0400. The summed E-state index contributed by atoms with van der Waals surface area (Å²) in [6.45, 7) is 6.90. The van der Waals surface area contributed by atoms with Gasteiger partial charge in [-0.2, -0.15) is 0 Å². The summed E-state index contributed by atoms with van der Waals surface area (Å²) in [6.07, 6.45) is 4.35. The highest BCUT2D eigenvalue weighted by atomic mass is 14.8. The van der Waals surface area contributed by atoms with Gasteiger partial charge in [0, 0.05) is 0 Å². The first kappa shape index (κ1) is 8.06. The summed E-state index contributed by atoms with van der Waals surface area (Å²) < 4.78 is 0. The second-order valence-corrected chi connectivity index (χ2v) is 3.46. The van der Waals surface area contributed by atoms with Gasteiger partial charge in [0.25, 0.3) is 0 Å². The van der Waals surface area contributed by atoms with E-state index in [4.69, 9.17) is 0 Å². The maximum Gasteiger partial charge on any atom is -0.00463 e.